The minimum atomic E-state index is -0.773. The van der Waals surface area contributed by atoms with Gasteiger partial charge in [-0.3, -0.25) is 4.79 Å². The van der Waals surface area contributed by atoms with E-state index in [2.05, 4.69) is 5.32 Å². The van der Waals surface area contributed by atoms with Gasteiger partial charge in [0.15, 0.2) is 5.76 Å². The van der Waals surface area contributed by atoms with Gasteiger partial charge in [0.2, 0.25) is 0 Å². The Morgan fingerprint density at radius 2 is 2.25 bits per heavy atom. The van der Waals surface area contributed by atoms with Gasteiger partial charge in [-0.25, -0.2) is 4.39 Å². The van der Waals surface area contributed by atoms with Crippen LogP contribution in [0.25, 0.3) is 0 Å². The van der Waals surface area contributed by atoms with E-state index >= 15 is 0 Å². The Bertz CT molecular complexity index is 380. The Hall–Kier alpha value is -1.32. The number of rotatable bonds is 2. The average Bonchev–Trinajstić information content (AvgIpc) is 2.75. The molecule has 3 nitrogen and oxygen atoms in total. The monoisotopic (exact) mass is 225 g/mol. The molecule has 0 bridgehead atoms. The van der Waals surface area contributed by atoms with Crippen LogP contribution < -0.4 is 5.32 Å². The van der Waals surface area contributed by atoms with Crippen LogP contribution in [-0.2, 0) is 0 Å². The van der Waals surface area contributed by atoms with Crippen molar-refractivity contribution in [2.45, 2.75) is 45.3 Å². The van der Waals surface area contributed by atoms with E-state index in [9.17, 15) is 9.18 Å². The van der Waals surface area contributed by atoms with E-state index in [-0.39, 0.29) is 11.9 Å². The lowest BCUT2D eigenvalue weighted by Gasteiger charge is -2.09. The predicted octanol–water partition coefficient (Wildman–Crippen LogP) is 2.52. The number of halogens is 1. The molecule has 2 rings (SSSR count). The van der Waals surface area contributed by atoms with Gasteiger partial charge in [0, 0.05) is 6.04 Å². The Morgan fingerprint density at radius 1 is 1.50 bits per heavy atom. The van der Waals surface area contributed by atoms with Crippen molar-refractivity contribution in [2.24, 2.45) is 0 Å². The largest absolute Gasteiger partial charge is 0.456 e. The molecular weight excluding hydrogens is 209 g/mol. The van der Waals surface area contributed by atoms with E-state index < -0.39 is 6.17 Å². The maximum atomic E-state index is 12.9. The van der Waals surface area contributed by atoms with Crippen molar-refractivity contribution in [3.05, 3.63) is 23.2 Å². The van der Waals surface area contributed by atoms with Crippen LogP contribution >= 0.6 is 0 Å². The Labute approximate surface area is 94.0 Å². The summed E-state index contributed by atoms with van der Waals surface area (Å²) in [6.07, 6.45) is 0.905. The van der Waals surface area contributed by atoms with Crippen LogP contribution in [0.1, 0.15) is 41.1 Å². The fourth-order valence-corrected chi connectivity index (χ4v) is 2.00. The molecule has 1 N–H and O–H groups in total. The van der Waals surface area contributed by atoms with Gasteiger partial charge in [0.05, 0.1) is 0 Å². The molecule has 0 aliphatic heterocycles. The molecule has 0 spiro atoms. The summed E-state index contributed by atoms with van der Waals surface area (Å²) in [5, 5.41) is 2.79. The van der Waals surface area contributed by atoms with Crippen molar-refractivity contribution in [2.75, 3.05) is 0 Å². The first-order chi connectivity index (χ1) is 7.56. The van der Waals surface area contributed by atoms with E-state index in [1.54, 1.807) is 6.07 Å². The summed E-state index contributed by atoms with van der Waals surface area (Å²) >= 11 is 0. The van der Waals surface area contributed by atoms with Crippen molar-refractivity contribution >= 4 is 5.91 Å². The number of amides is 1. The topological polar surface area (TPSA) is 42.2 Å². The van der Waals surface area contributed by atoms with Gasteiger partial charge in [-0.2, -0.15) is 0 Å². The fourth-order valence-electron chi connectivity index (χ4n) is 2.00. The molecule has 1 aromatic rings. The van der Waals surface area contributed by atoms with E-state index in [4.69, 9.17) is 4.42 Å². The van der Waals surface area contributed by atoms with Crippen LogP contribution in [0, 0.1) is 13.8 Å². The molecule has 1 heterocycles. The molecule has 16 heavy (non-hydrogen) atoms. The first-order valence-electron chi connectivity index (χ1n) is 5.58. The summed E-state index contributed by atoms with van der Waals surface area (Å²) < 4.78 is 18.2. The molecule has 1 fully saturated rings. The summed E-state index contributed by atoms with van der Waals surface area (Å²) in [5.74, 6) is 0.826. The minimum absolute atomic E-state index is 0.0480. The van der Waals surface area contributed by atoms with Crippen LogP contribution in [0.3, 0.4) is 0 Å². The fraction of sp³-hybridized carbons (Fsp3) is 0.583. The first kappa shape index (κ1) is 11.2. The standard InChI is InChI=1S/C12H16FNO2/c1-7-5-11(16-8(7)2)12(15)14-10-4-3-9(13)6-10/h5,9-10H,3-4,6H2,1-2H3,(H,14,15)/t9-,10-/m0/s1. The van der Waals surface area contributed by atoms with Crippen LogP contribution in [0.4, 0.5) is 4.39 Å². The quantitative estimate of drug-likeness (QED) is 0.840. The molecule has 0 saturated heterocycles. The second-order valence-corrected chi connectivity index (χ2v) is 4.43. The van der Waals surface area contributed by atoms with Gasteiger partial charge in [0.25, 0.3) is 5.91 Å². The van der Waals surface area contributed by atoms with E-state index in [0.29, 0.717) is 25.0 Å². The number of carbonyl (C=O) groups is 1. The molecule has 1 aliphatic rings. The highest BCUT2D eigenvalue weighted by Gasteiger charge is 2.26. The van der Waals surface area contributed by atoms with Gasteiger partial charge >= 0.3 is 0 Å². The van der Waals surface area contributed by atoms with Crippen LogP contribution in [0.5, 0.6) is 0 Å². The van der Waals surface area contributed by atoms with Gasteiger partial charge < -0.3 is 9.73 Å². The third-order valence-corrected chi connectivity index (χ3v) is 3.09. The number of alkyl halides is 1. The third kappa shape index (κ3) is 2.26. The van der Waals surface area contributed by atoms with Gasteiger partial charge in [0.1, 0.15) is 11.9 Å². The van der Waals surface area contributed by atoms with Crippen LogP contribution in [0.15, 0.2) is 10.5 Å². The highest BCUT2D eigenvalue weighted by atomic mass is 19.1. The van der Waals surface area contributed by atoms with Crippen molar-refractivity contribution < 1.29 is 13.6 Å². The molecule has 2 atom stereocenters. The van der Waals surface area contributed by atoms with Crippen molar-refractivity contribution in [3.63, 3.8) is 0 Å². The molecule has 0 radical (unpaired) electrons. The van der Waals surface area contributed by atoms with Crippen molar-refractivity contribution in [1.82, 2.24) is 5.32 Å². The number of hydrogen-bond donors (Lipinski definition) is 1. The zero-order valence-electron chi connectivity index (χ0n) is 9.55. The van der Waals surface area contributed by atoms with E-state index in [0.717, 1.165) is 11.3 Å². The number of furan rings is 1. The molecular formula is C12H16FNO2. The molecule has 1 aromatic heterocycles. The predicted molar refractivity (Wildman–Crippen MR) is 58.2 cm³/mol. The second kappa shape index (κ2) is 4.28. The molecule has 0 aromatic carbocycles. The number of carbonyl (C=O) groups excluding carboxylic acids is 1. The lowest BCUT2D eigenvalue weighted by molar-refractivity contribution is 0.0907. The first-order valence-corrected chi connectivity index (χ1v) is 5.58. The summed E-state index contributed by atoms with van der Waals surface area (Å²) in [5.41, 5.74) is 0.958. The second-order valence-electron chi connectivity index (χ2n) is 4.43. The Morgan fingerprint density at radius 3 is 2.75 bits per heavy atom. The van der Waals surface area contributed by atoms with E-state index in [1.807, 2.05) is 13.8 Å². The molecule has 4 heteroatoms. The number of nitrogens with one attached hydrogen (secondary N) is 1. The number of aryl methyl sites for hydroxylation is 2. The molecule has 1 amide bonds. The van der Waals surface area contributed by atoms with Gasteiger partial charge in [-0.05, 0) is 44.7 Å². The highest BCUT2D eigenvalue weighted by molar-refractivity contribution is 5.92. The average molecular weight is 225 g/mol. The highest BCUT2D eigenvalue weighted by Crippen LogP contribution is 2.22. The lowest BCUT2D eigenvalue weighted by Crippen LogP contribution is -2.32. The van der Waals surface area contributed by atoms with Gasteiger partial charge in [-0.15, -0.1) is 0 Å². The Balaban J connectivity index is 1.98. The molecule has 88 valence electrons. The summed E-state index contributed by atoms with van der Waals surface area (Å²) in [7, 11) is 0. The summed E-state index contributed by atoms with van der Waals surface area (Å²) in [6, 6.07) is 1.67. The van der Waals surface area contributed by atoms with E-state index in [1.165, 1.54) is 0 Å². The van der Waals surface area contributed by atoms with Gasteiger partial charge in [-0.1, -0.05) is 0 Å². The zero-order chi connectivity index (χ0) is 11.7. The number of hydrogen-bond acceptors (Lipinski definition) is 2. The molecule has 1 saturated carbocycles. The molecule has 0 unspecified atom stereocenters. The van der Waals surface area contributed by atoms with Crippen LogP contribution in [0.2, 0.25) is 0 Å². The maximum absolute atomic E-state index is 12.9. The maximum Gasteiger partial charge on any atom is 0.287 e. The third-order valence-electron chi connectivity index (χ3n) is 3.09. The zero-order valence-corrected chi connectivity index (χ0v) is 9.55. The van der Waals surface area contributed by atoms with Crippen molar-refractivity contribution in [3.8, 4) is 0 Å². The Kier molecular flexibility index (Phi) is 2.99. The minimum Gasteiger partial charge on any atom is -0.456 e. The SMILES string of the molecule is Cc1cc(C(=O)N[C@H]2CC[C@H](F)C2)oc1C. The normalized spacial score (nSPS) is 24.7. The smallest absolute Gasteiger partial charge is 0.287 e. The summed E-state index contributed by atoms with van der Waals surface area (Å²) in [6.45, 7) is 3.71. The van der Waals surface area contributed by atoms with Crippen molar-refractivity contribution in [1.29, 1.82) is 0 Å². The van der Waals surface area contributed by atoms with Crippen LogP contribution in [-0.4, -0.2) is 18.1 Å². The lowest BCUT2D eigenvalue weighted by atomic mass is 10.2. The summed E-state index contributed by atoms with van der Waals surface area (Å²) in [4.78, 5) is 11.7. The molecule has 1 aliphatic carbocycles.